The van der Waals surface area contributed by atoms with Crippen LogP contribution in [0.2, 0.25) is 0 Å². The molecule has 0 bridgehead atoms. The van der Waals surface area contributed by atoms with Gasteiger partial charge in [0.2, 0.25) is 0 Å². The maximum atomic E-state index is 12.6. The Balaban J connectivity index is 1.29. The van der Waals surface area contributed by atoms with Crippen molar-refractivity contribution in [3.8, 4) is 17.0 Å². The maximum absolute atomic E-state index is 12.6. The van der Waals surface area contributed by atoms with Crippen molar-refractivity contribution in [3.05, 3.63) is 30.2 Å². The summed E-state index contributed by atoms with van der Waals surface area (Å²) in [5, 5.41) is 4.83. The monoisotopic (exact) mass is 462 g/mol. The summed E-state index contributed by atoms with van der Waals surface area (Å²) in [7, 11) is 0. The molecule has 8 heteroatoms. The van der Waals surface area contributed by atoms with Crippen LogP contribution in [0.25, 0.3) is 11.3 Å². The van der Waals surface area contributed by atoms with Gasteiger partial charge in [-0.2, -0.15) is 25.6 Å². The lowest BCUT2D eigenvalue weighted by Gasteiger charge is -2.40. The van der Waals surface area contributed by atoms with Crippen LogP contribution < -0.4 is 4.74 Å². The Morgan fingerprint density at radius 1 is 1.12 bits per heavy atom. The van der Waals surface area contributed by atoms with Crippen LogP contribution in [0.5, 0.6) is 5.75 Å². The van der Waals surface area contributed by atoms with Crippen molar-refractivity contribution in [2.24, 2.45) is 5.41 Å². The number of ether oxygens (including phenoxy) is 1. The van der Waals surface area contributed by atoms with Crippen LogP contribution in [0.1, 0.15) is 63.6 Å². The van der Waals surface area contributed by atoms with Gasteiger partial charge in [-0.15, -0.1) is 0 Å². The van der Waals surface area contributed by atoms with Crippen LogP contribution in [-0.2, 0) is 0 Å². The summed E-state index contributed by atoms with van der Waals surface area (Å²) in [5.74, 6) is 3.26. The maximum Gasteiger partial charge on any atom is 0.387 e. The quantitative estimate of drug-likeness (QED) is 0.560. The lowest BCUT2D eigenvalue weighted by Crippen LogP contribution is -2.42. The molecule has 0 aromatic carbocycles. The van der Waals surface area contributed by atoms with E-state index in [1.165, 1.54) is 68.6 Å². The minimum absolute atomic E-state index is 0.0619. The van der Waals surface area contributed by atoms with Gasteiger partial charge in [-0.25, -0.2) is 0 Å². The standard InChI is InChI=1S/C24H32F2N4OS/c1-16(2)30-22(10-21(28-30)18-9-20(12-27-11-18)31-23(25)26)17-3-5-19(6-4-17)29-8-7-24(13-29)14-32-15-24/h9-12,16-17,19,23H,3-8,13-15H2,1-2H3. The van der Waals surface area contributed by atoms with Gasteiger partial charge in [0.15, 0.2) is 0 Å². The van der Waals surface area contributed by atoms with Gasteiger partial charge in [0.05, 0.1) is 11.9 Å². The van der Waals surface area contributed by atoms with Gasteiger partial charge in [0.25, 0.3) is 0 Å². The third-order valence-electron chi connectivity index (χ3n) is 7.40. The summed E-state index contributed by atoms with van der Waals surface area (Å²) in [5.41, 5.74) is 3.36. The number of hydrogen-bond acceptors (Lipinski definition) is 5. The summed E-state index contributed by atoms with van der Waals surface area (Å²) < 4.78 is 31.9. The molecule has 1 spiro atoms. The van der Waals surface area contributed by atoms with Crippen LogP contribution in [0.15, 0.2) is 24.5 Å². The molecular weight excluding hydrogens is 430 g/mol. The van der Waals surface area contributed by atoms with Crippen molar-refractivity contribution < 1.29 is 13.5 Å². The van der Waals surface area contributed by atoms with E-state index in [1.807, 2.05) is 0 Å². The number of pyridine rings is 1. The molecule has 0 amide bonds. The van der Waals surface area contributed by atoms with E-state index < -0.39 is 6.61 Å². The SMILES string of the molecule is CC(C)n1nc(-c2cncc(OC(F)F)c2)cc1C1CCC(N2CCC3(CSC3)C2)CC1. The number of halogens is 2. The normalized spacial score (nSPS) is 25.6. The molecule has 174 valence electrons. The fraction of sp³-hybridized carbons (Fsp3) is 0.667. The average molecular weight is 463 g/mol. The molecular formula is C24H32F2N4OS. The van der Waals surface area contributed by atoms with E-state index >= 15 is 0 Å². The zero-order valence-electron chi connectivity index (χ0n) is 18.8. The first-order valence-corrected chi connectivity index (χ1v) is 12.9. The zero-order chi connectivity index (χ0) is 22.3. The molecule has 0 N–H and O–H groups in total. The highest BCUT2D eigenvalue weighted by Gasteiger charge is 2.45. The van der Waals surface area contributed by atoms with Crippen LogP contribution in [0, 0.1) is 5.41 Å². The first-order chi connectivity index (χ1) is 15.4. The highest BCUT2D eigenvalue weighted by molar-refractivity contribution is 8.00. The van der Waals surface area contributed by atoms with Gasteiger partial charge in [-0.3, -0.25) is 14.6 Å². The predicted molar refractivity (Wildman–Crippen MR) is 123 cm³/mol. The van der Waals surface area contributed by atoms with E-state index in [1.54, 1.807) is 12.3 Å². The molecule has 2 aliphatic heterocycles. The molecule has 32 heavy (non-hydrogen) atoms. The second-order valence-electron chi connectivity index (χ2n) is 10.00. The highest BCUT2D eigenvalue weighted by atomic mass is 32.2. The molecule has 3 fully saturated rings. The van der Waals surface area contributed by atoms with Gasteiger partial charge >= 0.3 is 6.61 Å². The molecule has 2 saturated heterocycles. The Bertz CT molecular complexity index is 938. The summed E-state index contributed by atoms with van der Waals surface area (Å²) in [6.45, 7) is 3.99. The Kier molecular flexibility index (Phi) is 6.18. The summed E-state index contributed by atoms with van der Waals surface area (Å²) in [6, 6.07) is 4.68. The number of aromatic nitrogens is 3. The number of likely N-dealkylation sites (tertiary alicyclic amines) is 1. The predicted octanol–water partition coefficient (Wildman–Crippen LogP) is 5.59. The van der Waals surface area contributed by atoms with Crippen molar-refractivity contribution in [2.45, 2.75) is 70.6 Å². The van der Waals surface area contributed by atoms with Crippen molar-refractivity contribution in [1.29, 1.82) is 0 Å². The van der Waals surface area contributed by atoms with Crippen LogP contribution >= 0.6 is 11.8 Å². The van der Waals surface area contributed by atoms with Gasteiger partial charge in [-0.05, 0) is 64.6 Å². The minimum Gasteiger partial charge on any atom is -0.433 e. The Hall–Kier alpha value is -1.67. The van der Waals surface area contributed by atoms with Crippen LogP contribution in [-0.4, -0.2) is 56.9 Å². The molecule has 5 rings (SSSR count). The van der Waals surface area contributed by atoms with Gasteiger partial charge in [-0.1, -0.05) is 0 Å². The lowest BCUT2D eigenvalue weighted by atomic mass is 9.83. The molecule has 0 unspecified atom stereocenters. The molecule has 0 atom stereocenters. The summed E-state index contributed by atoms with van der Waals surface area (Å²) >= 11 is 2.10. The Morgan fingerprint density at radius 3 is 2.53 bits per heavy atom. The van der Waals surface area contributed by atoms with Gasteiger partial charge < -0.3 is 4.74 Å². The lowest BCUT2D eigenvalue weighted by molar-refractivity contribution is -0.0500. The van der Waals surface area contributed by atoms with E-state index in [9.17, 15) is 8.78 Å². The fourth-order valence-electron chi connectivity index (χ4n) is 5.64. The fourth-order valence-corrected chi connectivity index (χ4v) is 6.89. The van der Waals surface area contributed by atoms with Crippen molar-refractivity contribution in [3.63, 3.8) is 0 Å². The van der Waals surface area contributed by atoms with E-state index in [0.717, 1.165) is 11.7 Å². The number of hydrogen-bond donors (Lipinski definition) is 0. The highest BCUT2D eigenvalue weighted by Crippen LogP contribution is 2.47. The van der Waals surface area contributed by atoms with Crippen molar-refractivity contribution >= 4 is 11.8 Å². The minimum atomic E-state index is -2.86. The molecule has 3 aliphatic rings. The van der Waals surface area contributed by atoms with E-state index in [4.69, 9.17) is 5.10 Å². The Labute approximate surface area is 192 Å². The first kappa shape index (κ1) is 22.1. The summed E-state index contributed by atoms with van der Waals surface area (Å²) in [4.78, 5) is 6.84. The molecule has 0 radical (unpaired) electrons. The second-order valence-corrected chi connectivity index (χ2v) is 11.0. The van der Waals surface area contributed by atoms with Gasteiger partial charge in [0, 0.05) is 58.9 Å². The Morgan fingerprint density at radius 2 is 1.91 bits per heavy atom. The summed E-state index contributed by atoms with van der Waals surface area (Å²) in [6.07, 6.45) is 9.18. The van der Waals surface area contributed by atoms with E-state index in [-0.39, 0.29) is 11.8 Å². The largest absolute Gasteiger partial charge is 0.433 e. The van der Waals surface area contributed by atoms with Crippen molar-refractivity contribution in [1.82, 2.24) is 19.7 Å². The van der Waals surface area contributed by atoms with Gasteiger partial charge in [0.1, 0.15) is 5.75 Å². The number of nitrogens with zero attached hydrogens (tertiary/aromatic N) is 4. The third-order valence-corrected chi connectivity index (χ3v) is 9.04. The molecule has 1 saturated carbocycles. The van der Waals surface area contributed by atoms with E-state index in [0.29, 0.717) is 16.9 Å². The average Bonchev–Trinajstić information content (AvgIpc) is 3.39. The molecule has 5 nitrogen and oxygen atoms in total. The zero-order valence-corrected chi connectivity index (χ0v) is 19.7. The molecule has 4 heterocycles. The smallest absolute Gasteiger partial charge is 0.387 e. The molecule has 2 aromatic heterocycles. The third kappa shape index (κ3) is 4.40. The first-order valence-electron chi connectivity index (χ1n) is 11.7. The van der Waals surface area contributed by atoms with E-state index in [2.05, 4.69) is 51.0 Å². The number of alkyl halides is 2. The van der Waals surface area contributed by atoms with Crippen molar-refractivity contribution in [2.75, 3.05) is 24.6 Å². The van der Waals surface area contributed by atoms with Crippen LogP contribution in [0.3, 0.4) is 0 Å². The number of rotatable bonds is 6. The van der Waals surface area contributed by atoms with Crippen LogP contribution in [0.4, 0.5) is 8.78 Å². The topological polar surface area (TPSA) is 43.2 Å². The molecule has 2 aromatic rings. The molecule has 1 aliphatic carbocycles. The second kappa shape index (κ2) is 8.93. The number of thioether (sulfide) groups is 1.